The van der Waals surface area contributed by atoms with Gasteiger partial charge >= 0.3 is 6.09 Å². The molecule has 1 amide bonds. The van der Waals surface area contributed by atoms with Gasteiger partial charge < -0.3 is 14.6 Å². The highest BCUT2D eigenvalue weighted by molar-refractivity contribution is 5.84. The number of amides is 1. The average Bonchev–Trinajstić information content (AvgIpc) is 2.29. The van der Waals surface area contributed by atoms with Crippen molar-refractivity contribution in [3.63, 3.8) is 0 Å². The minimum absolute atomic E-state index is 0.0277. The van der Waals surface area contributed by atoms with Crippen molar-refractivity contribution < 1.29 is 23.8 Å². The summed E-state index contributed by atoms with van der Waals surface area (Å²) < 4.78 is 22.3. The van der Waals surface area contributed by atoms with Gasteiger partial charge in [-0.3, -0.25) is 5.32 Å². The maximum Gasteiger partial charge on any atom is 0.411 e. The molecule has 0 fully saturated rings. The van der Waals surface area contributed by atoms with Gasteiger partial charge in [-0.25, -0.2) is 9.18 Å². The van der Waals surface area contributed by atoms with Gasteiger partial charge in [0.15, 0.2) is 11.6 Å². The number of nitrogens with one attached hydrogen (secondary N) is 1. The van der Waals surface area contributed by atoms with Crippen LogP contribution in [-0.4, -0.2) is 31.5 Å². The molecular formula is C10H12FNO4. The van der Waals surface area contributed by atoms with Gasteiger partial charge in [-0.15, -0.1) is 0 Å². The Morgan fingerprint density at radius 1 is 1.56 bits per heavy atom. The third-order valence-electron chi connectivity index (χ3n) is 1.72. The van der Waals surface area contributed by atoms with Crippen molar-refractivity contribution >= 4 is 11.8 Å². The smallest absolute Gasteiger partial charge is 0.411 e. The lowest BCUT2D eigenvalue weighted by molar-refractivity contribution is 0.131. The van der Waals surface area contributed by atoms with Gasteiger partial charge in [-0.1, -0.05) is 0 Å². The second-order valence-electron chi connectivity index (χ2n) is 2.83. The van der Waals surface area contributed by atoms with Gasteiger partial charge in [0, 0.05) is 11.8 Å². The van der Waals surface area contributed by atoms with Crippen LogP contribution in [0.15, 0.2) is 18.2 Å². The van der Waals surface area contributed by atoms with E-state index in [2.05, 4.69) is 10.1 Å². The molecule has 6 heteroatoms. The maximum absolute atomic E-state index is 13.0. The van der Waals surface area contributed by atoms with E-state index in [0.29, 0.717) is 5.69 Å². The van der Waals surface area contributed by atoms with Crippen LogP contribution in [0.3, 0.4) is 0 Å². The number of halogens is 1. The fraction of sp³-hybridized carbons (Fsp3) is 0.300. The van der Waals surface area contributed by atoms with Gasteiger partial charge in [0.25, 0.3) is 0 Å². The Morgan fingerprint density at radius 2 is 2.31 bits per heavy atom. The molecule has 0 aliphatic carbocycles. The van der Waals surface area contributed by atoms with Gasteiger partial charge in [-0.05, 0) is 12.1 Å². The Morgan fingerprint density at radius 3 is 2.94 bits per heavy atom. The number of carbonyl (C=O) groups is 1. The summed E-state index contributed by atoms with van der Waals surface area (Å²) in [5.74, 6) is -0.489. The molecule has 0 saturated carbocycles. The number of anilines is 1. The number of methoxy groups -OCH3 is 1. The summed E-state index contributed by atoms with van der Waals surface area (Å²) in [7, 11) is 1.33. The van der Waals surface area contributed by atoms with E-state index < -0.39 is 11.9 Å². The Labute approximate surface area is 91.8 Å². The number of ether oxygens (including phenoxy) is 2. The first kappa shape index (κ1) is 12.3. The molecule has 0 unspecified atom stereocenters. The Bertz CT molecular complexity index is 370. The Balaban J connectivity index is 2.63. The SMILES string of the molecule is COc1cc(NC(=O)OCCO)ccc1F. The van der Waals surface area contributed by atoms with Crippen LogP contribution in [0.2, 0.25) is 0 Å². The van der Waals surface area contributed by atoms with Crippen molar-refractivity contribution in [1.82, 2.24) is 0 Å². The predicted octanol–water partition coefficient (Wildman–Crippen LogP) is 1.38. The molecule has 16 heavy (non-hydrogen) atoms. The van der Waals surface area contributed by atoms with Gasteiger partial charge in [-0.2, -0.15) is 0 Å². The summed E-state index contributed by atoms with van der Waals surface area (Å²) in [6.07, 6.45) is -0.720. The van der Waals surface area contributed by atoms with E-state index >= 15 is 0 Å². The van der Waals surface area contributed by atoms with Crippen molar-refractivity contribution in [3.05, 3.63) is 24.0 Å². The summed E-state index contributed by atoms with van der Waals surface area (Å²) in [4.78, 5) is 11.1. The first-order valence-corrected chi connectivity index (χ1v) is 4.55. The Hall–Kier alpha value is -1.82. The summed E-state index contributed by atoms with van der Waals surface area (Å²) in [5.41, 5.74) is 0.348. The maximum atomic E-state index is 13.0. The largest absolute Gasteiger partial charge is 0.494 e. The fourth-order valence-corrected chi connectivity index (χ4v) is 1.03. The number of rotatable bonds is 4. The van der Waals surface area contributed by atoms with Crippen LogP contribution < -0.4 is 10.1 Å². The topological polar surface area (TPSA) is 67.8 Å². The number of hydrogen-bond acceptors (Lipinski definition) is 4. The van der Waals surface area contributed by atoms with Crippen LogP contribution in [0.25, 0.3) is 0 Å². The van der Waals surface area contributed by atoms with Gasteiger partial charge in [0.05, 0.1) is 13.7 Å². The molecule has 0 bridgehead atoms. The van der Waals surface area contributed by atoms with Crippen molar-refractivity contribution in [2.45, 2.75) is 0 Å². The summed E-state index contributed by atoms with van der Waals surface area (Å²) >= 11 is 0. The lowest BCUT2D eigenvalue weighted by atomic mass is 10.3. The molecular weight excluding hydrogens is 217 g/mol. The normalized spacial score (nSPS) is 9.69. The molecule has 0 heterocycles. The van der Waals surface area contributed by atoms with Crippen molar-refractivity contribution in [2.75, 3.05) is 25.6 Å². The van der Waals surface area contributed by atoms with Crippen molar-refractivity contribution in [3.8, 4) is 5.75 Å². The molecule has 0 atom stereocenters. The van der Waals surface area contributed by atoms with Crippen LogP contribution in [0.1, 0.15) is 0 Å². The standard InChI is InChI=1S/C10H12FNO4/c1-15-9-6-7(2-3-8(9)11)12-10(14)16-5-4-13/h2-3,6,13H,4-5H2,1H3,(H,12,14). The molecule has 1 rings (SSSR count). The average molecular weight is 229 g/mol. The monoisotopic (exact) mass is 229 g/mol. The van der Waals surface area contributed by atoms with Crippen LogP contribution in [0, 0.1) is 5.82 Å². The van der Waals surface area contributed by atoms with E-state index in [1.54, 1.807) is 0 Å². The van der Waals surface area contributed by atoms with E-state index in [0.717, 1.165) is 0 Å². The highest BCUT2D eigenvalue weighted by Crippen LogP contribution is 2.21. The molecule has 0 aromatic heterocycles. The van der Waals surface area contributed by atoms with Crippen LogP contribution >= 0.6 is 0 Å². The van der Waals surface area contributed by atoms with E-state index in [4.69, 9.17) is 9.84 Å². The second-order valence-corrected chi connectivity index (χ2v) is 2.83. The third-order valence-corrected chi connectivity index (χ3v) is 1.72. The number of aliphatic hydroxyl groups is 1. The predicted molar refractivity (Wildman–Crippen MR) is 55.0 cm³/mol. The molecule has 2 N–H and O–H groups in total. The summed E-state index contributed by atoms with van der Waals surface area (Å²) in [6, 6.07) is 3.87. The molecule has 0 radical (unpaired) electrons. The molecule has 0 aliphatic rings. The van der Waals surface area contributed by atoms with Gasteiger partial charge in [0.2, 0.25) is 0 Å². The first-order chi connectivity index (χ1) is 7.67. The van der Waals surface area contributed by atoms with Crippen molar-refractivity contribution in [1.29, 1.82) is 0 Å². The lowest BCUT2D eigenvalue weighted by Gasteiger charge is -2.07. The summed E-state index contributed by atoms with van der Waals surface area (Å²) in [6.45, 7) is -0.343. The van der Waals surface area contributed by atoms with E-state index in [1.165, 1.54) is 25.3 Å². The zero-order valence-corrected chi connectivity index (χ0v) is 8.70. The number of aliphatic hydroxyl groups excluding tert-OH is 1. The van der Waals surface area contributed by atoms with E-state index in [1.807, 2.05) is 0 Å². The second kappa shape index (κ2) is 5.92. The molecule has 0 saturated heterocycles. The number of benzene rings is 1. The number of hydrogen-bond donors (Lipinski definition) is 2. The third kappa shape index (κ3) is 3.39. The highest BCUT2D eigenvalue weighted by Gasteiger charge is 2.06. The molecule has 1 aromatic rings. The van der Waals surface area contributed by atoms with Crippen LogP contribution in [0.4, 0.5) is 14.9 Å². The molecule has 88 valence electrons. The molecule has 1 aromatic carbocycles. The zero-order chi connectivity index (χ0) is 12.0. The van der Waals surface area contributed by atoms with E-state index in [-0.39, 0.29) is 19.0 Å². The van der Waals surface area contributed by atoms with E-state index in [9.17, 15) is 9.18 Å². The van der Waals surface area contributed by atoms with Crippen LogP contribution in [0.5, 0.6) is 5.75 Å². The van der Waals surface area contributed by atoms with Crippen molar-refractivity contribution in [2.24, 2.45) is 0 Å². The fourth-order valence-electron chi connectivity index (χ4n) is 1.03. The van der Waals surface area contributed by atoms with Gasteiger partial charge in [0.1, 0.15) is 6.61 Å². The quantitative estimate of drug-likeness (QED) is 0.818. The summed E-state index contributed by atoms with van der Waals surface area (Å²) in [5, 5.41) is 10.8. The van der Waals surface area contributed by atoms with Crippen LogP contribution in [-0.2, 0) is 4.74 Å². The molecule has 5 nitrogen and oxygen atoms in total. The number of carbonyl (C=O) groups excluding carboxylic acids is 1. The lowest BCUT2D eigenvalue weighted by Crippen LogP contribution is -2.15. The molecule has 0 aliphatic heterocycles. The zero-order valence-electron chi connectivity index (χ0n) is 8.70. The Kier molecular flexibility index (Phi) is 4.53. The highest BCUT2D eigenvalue weighted by atomic mass is 19.1. The molecule has 0 spiro atoms. The minimum Gasteiger partial charge on any atom is -0.494 e. The minimum atomic E-state index is -0.720. The first-order valence-electron chi connectivity index (χ1n) is 4.55.